The molecule has 6 heteroatoms. The molecular weight excluding hydrogens is 344 g/mol. The Kier molecular flexibility index (Phi) is 5.26. The lowest BCUT2D eigenvalue weighted by Gasteiger charge is -2.13. The predicted octanol–water partition coefficient (Wildman–Crippen LogP) is 2.91. The van der Waals surface area contributed by atoms with E-state index in [1.807, 2.05) is 18.2 Å². The number of para-hydroxylation sites is 1. The number of nitrogens with zero attached hydrogens (tertiary/aromatic N) is 2. The summed E-state index contributed by atoms with van der Waals surface area (Å²) in [5.41, 5.74) is 0.606. The molecule has 0 aliphatic rings. The molecule has 0 saturated heterocycles. The average Bonchev–Trinajstić information content (AvgIpc) is 2.66. The third kappa shape index (κ3) is 3.69. The molecule has 0 unspecified atom stereocenters. The van der Waals surface area contributed by atoms with Gasteiger partial charge in [-0.2, -0.15) is 0 Å². The molecule has 0 atom stereocenters. The molecule has 0 saturated carbocycles. The van der Waals surface area contributed by atoms with Gasteiger partial charge in [0.05, 0.1) is 10.9 Å². The molecular formula is C21H22N2O4. The van der Waals surface area contributed by atoms with Gasteiger partial charge in [0.2, 0.25) is 0 Å². The minimum Gasteiger partial charge on any atom is -0.425 e. The van der Waals surface area contributed by atoms with Crippen molar-refractivity contribution in [2.24, 2.45) is 0 Å². The van der Waals surface area contributed by atoms with Crippen LogP contribution in [0.25, 0.3) is 10.9 Å². The van der Waals surface area contributed by atoms with Crippen LogP contribution >= 0.6 is 0 Å². The molecule has 27 heavy (non-hydrogen) atoms. The average molecular weight is 366 g/mol. The smallest absolute Gasteiger partial charge is 0.332 e. The number of hydrogen-bond donors (Lipinski definition) is 0. The SMILES string of the molecule is CCn1c(=O)c2ccccc2n(CC(=O)Oc2cccc(C(C)C)c2)c1=O. The number of aromatic nitrogens is 2. The summed E-state index contributed by atoms with van der Waals surface area (Å²) in [6.45, 7) is 5.79. The van der Waals surface area contributed by atoms with E-state index in [1.165, 1.54) is 4.57 Å². The number of esters is 1. The number of carbonyl (C=O) groups is 1. The third-order valence-corrected chi connectivity index (χ3v) is 4.49. The summed E-state index contributed by atoms with van der Waals surface area (Å²) in [5, 5.41) is 0.397. The second kappa shape index (κ2) is 7.61. The van der Waals surface area contributed by atoms with Crippen LogP contribution in [-0.4, -0.2) is 15.1 Å². The standard InChI is InChI=1S/C21H22N2O4/c1-4-22-20(25)17-10-5-6-11-18(17)23(21(22)26)13-19(24)27-16-9-7-8-15(12-16)14(2)3/h5-12,14H,4,13H2,1-3H3. The van der Waals surface area contributed by atoms with Gasteiger partial charge in [0.1, 0.15) is 12.3 Å². The Hall–Kier alpha value is -3.15. The zero-order valence-electron chi connectivity index (χ0n) is 15.6. The monoisotopic (exact) mass is 366 g/mol. The highest BCUT2D eigenvalue weighted by Gasteiger charge is 2.15. The molecule has 0 aliphatic heterocycles. The van der Waals surface area contributed by atoms with Crippen LogP contribution in [0.1, 0.15) is 32.3 Å². The predicted molar refractivity (Wildman–Crippen MR) is 104 cm³/mol. The molecule has 0 bridgehead atoms. The highest BCUT2D eigenvalue weighted by atomic mass is 16.5. The highest BCUT2D eigenvalue weighted by Crippen LogP contribution is 2.20. The maximum atomic E-state index is 12.7. The lowest BCUT2D eigenvalue weighted by molar-refractivity contribution is -0.135. The molecule has 2 aromatic carbocycles. The van der Waals surface area contributed by atoms with Crippen LogP contribution in [0.3, 0.4) is 0 Å². The van der Waals surface area contributed by atoms with E-state index in [0.29, 0.717) is 22.6 Å². The maximum absolute atomic E-state index is 12.7. The number of ether oxygens (including phenoxy) is 1. The molecule has 140 valence electrons. The molecule has 0 spiro atoms. The quantitative estimate of drug-likeness (QED) is 0.514. The van der Waals surface area contributed by atoms with Gasteiger partial charge in [-0.3, -0.25) is 13.9 Å². The molecule has 3 aromatic rings. The first-order chi connectivity index (χ1) is 12.9. The van der Waals surface area contributed by atoms with Crippen molar-refractivity contribution >= 4 is 16.9 Å². The van der Waals surface area contributed by atoms with Crippen molar-refractivity contribution in [1.82, 2.24) is 9.13 Å². The Morgan fingerprint density at radius 2 is 1.78 bits per heavy atom. The van der Waals surface area contributed by atoms with Gasteiger partial charge in [-0.15, -0.1) is 0 Å². The Labute approximate surface area is 156 Å². The van der Waals surface area contributed by atoms with Gasteiger partial charge in [0.25, 0.3) is 5.56 Å². The molecule has 0 radical (unpaired) electrons. The van der Waals surface area contributed by atoms with Crippen LogP contribution in [0, 0.1) is 0 Å². The van der Waals surface area contributed by atoms with Crippen LogP contribution in [0.15, 0.2) is 58.1 Å². The summed E-state index contributed by atoms with van der Waals surface area (Å²) in [5.74, 6) is 0.181. The molecule has 1 aromatic heterocycles. The van der Waals surface area contributed by atoms with Crippen molar-refractivity contribution in [3.8, 4) is 5.75 Å². The Balaban J connectivity index is 1.97. The maximum Gasteiger partial charge on any atom is 0.332 e. The second-order valence-corrected chi connectivity index (χ2v) is 6.64. The molecule has 6 nitrogen and oxygen atoms in total. The number of hydrogen-bond acceptors (Lipinski definition) is 4. The van der Waals surface area contributed by atoms with Crippen molar-refractivity contribution in [3.63, 3.8) is 0 Å². The van der Waals surface area contributed by atoms with E-state index in [4.69, 9.17) is 4.74 Å². The summed E-state index contributed by atoms with van der Waals surface area (Å²) in [4.78, 5) is 37.6. The number of benzene rings is 2. The number of carbonyl (C=O) groups excluding carboxylic acids is 1. The summed E-state index contributed by atoms with van der Waals surface area (Å²) in [7, 11) is 0. The van der Waals surface area contributed by atoms with E-state index in [-0.39, 0.29) is 18.6 Å². The first kappa shape index (κ1) is 18.6. The highest BCUT2D eigenvalue weighted by molar-refractivity contribution is 5.80. The van der Waals surface area contributed by atoms with Gasteiger partial charge in [-0.25, -0.2) is 9.59 Å². The normalized spacial score (nSPS) is 11.1. The fourth-order valence-corrected chi connectivity index (χ4v) is 3.03. The van der Waals surface area contributed by atoms with Gasteiger partial charge in [0.15, 0.2) is 0 Å². The van der Waals surface area contributed by atoms with Crippen molar-refractivity contribution in [3.05, 3.63) is 74.9 Å². The van der Waals surface area contributed by atoms with E-state index in [1.54, 1.807) is 37.3 Å². The number of rotatable bonds is 5. The Morgan fingerprint density at radius 1 is 1.04 bits per heavy atom. The minimum absolute atomic E-state index is 0.230. The van der Waals surface area contributed by atoms with Crippen molar-refractivity contribution in [2.75, 3.05) is 0 Å². The molecule has 0 aliphatic carbocycles. The topological polar surface area (TPSA) is 70.3 Å². The summed E-state index contributed by atoms with van der Waals surface area (Å²) >= 11 is 0. The van der Waals surface area contributed by atoms with Crippen LogP contribution in [0.2, 0.25) is 0 Å². The molecule has 0 amide bonds. The second-order valence-electron chi connectivity index (χ2n) is 6.64. The van der Waals surface area contributed by atoms with Crippen LogP contribution < -0.4 is 16.0 Å². The zero-order chi connectivity index (χ0) is 19.6. The van der Waals surface area contributed by atoms with E-state index >= 15 is 0 Å². The minimum atomic E-state index is -0.565. The third-order valence-electron chi connectivity index (χ3n) is 4.49. The van der Waals surface area contributed by atoms with Gasteiger partial charge >= 0.3 is 11.7 Å². The molecule has 0 N–H and O–H groups in total. The van der Waals surface area contributed by atoms with Crippen LogP contribution in [0.5, 0.6) is 5.75 Å². The molecule has 1 heterocycles. The zero-order valence-corrected chi connectivity index (χ0v) is 15.6. The van der Waals surface area contributed by atoms with Gasteiger partial charge < -0.3 is 4.74 Å². The van der Waals surface area contributed by atoms with Crippen molar-refractivity contribution in [2.45, 2.75) is 39.8 Å². The van der Waals surface area contributed by atoms with Gasteiger partial charge in [0, 0.05) is 6.54 Å². The number of fused-ring (bicyclic) bond motifs is 1. The summed E-state index contributed by atoms with van der Waals surface area (Å²) in [6, 6.07) is 14.1. The van der Waals surface area contributed by atoms with Crippen molar-refractivity contribution < 1.29 is 9.53 Å². The lowest BCUT2D eigenvalue weighted by atomic mass is 10.0. The van der Waals surface area contributed by atoms with Crippen molar-refractivity contribution in [1.29, 1.82) is 0 Å². The van der Waals surface area contributed by atoms with Gasteiger partial charge in [-0.1, -0.05) is 38.1 Å². The van der Waals surface area contributed by atoms with E-state index in [0.717, 1.165) is 10.1 Å². The Bertz CT molecular complexity index is 1110. The lowest BCUT2D eigenvalue weighted by Crippen LogP contribution is -2.41. The summed E-state index contributed by atoms with van der Waals surface area (Å²) in [6.07, 6.45) is 0. The Morgan fingerprint density at radius 3 is 2.48 bits per heavy atom. The fourth-order valence-electron chi connectivity index (χ4n) is 3.03. The largest absolute Gasteiger partial charge is 0.425 e. The van der Waals surface area contributed by atoms with Crippen LogP contribution in [0.4, 0.5) is 0 Å². The summed E-state index contributed by atoms with van der Waals surface area (Å²) < 4.78 is 7.84. The van der Waals surface area contributed by atoms with E-state index in [9.17, 15) is 14.4 Å². The van der Waals surface area contributed by atoms with E-state index in [2.05, 4.69) is 13.8 Å². The first-order valence-electron chi connectivity index (χ1n) is 8.95. The van der Waals surface area contributed by atoms with E-state index < -0.39 is 11.7 Å². The molecule has 0 fully saturated rings. The fraction of sp³-hybridized carbons (Fsp3) is 0.286. The van der Waals surface area contributed by atoms with Crippen LogP contribution in [-0.2, 0) is 17.9 Å². The first-order valence-corrected chi connectivity index (χ1v) is 8.95. The van der Waals surface area contributed by atoms with Gasteiger partial charge in [-0.05, 0) is 42.7 Å². The molecule has 3 rings (SSSR count).